The van der Waals surface area contributed by atoms with Crippen molar-refractivity contribution in [3.05, 3.63) is 53.0 Å². The molecule has 4 heteroatoms. The summed E-state index contributed by atoms with van der Waals surface area (Å²) in [4.78, 5) is 6.95. The molecule has 2 aromatic rings. The third-order valence-corrected chi connectivity index (χ3v) is 4.63. The van der Waals surface area contributed by atoms with Crippen LogP contribution in [0.5, 0.6) is 0 Å². The maximum Gasteiger partial charge on any atom is 0.180 e. The lowest BCUT2D eigenvalue weighted by atomic mass is 9.95. The highest BCUT2D eigenvalue weighted by atomic mass is 32.1. The molecule has 2 heterocycles. The Morgan fingerprint density at radius 1 is 1.33 bits per heavy atom. The average molecular weight is 299 g/mol. The Morgan fingerprint density at radius 2 is 2.19 bits per heavy atom. The van der Waals surface area contributed by atoms with Gasteiger partial charge in [-0.25, -0.2) is 4.98 Å². The van der Waals surface area contributed by atoms with Crippen LogP contribution in [0.25, 0.3) is 6.08 Å². The largest absolute Gasteiger partial charge is 0.375 e. The molecule has 0 bridgehead atoms. The molecule has 1 atom stereocenters. The van der Waals surface area contributed by atoms with Crippen LogP contribution >= 0.6 is 11.3 Å². The predicted molar refractivity (Wildman–Crippen MR) is 90.4 cm³/mol. The quantitative estimate of drug-likeness (QED) is 0.937. The number of hydrogen-bond donors (Lipinski definition) is 1. The maximum atomic E-state index is 5.75. The zero-order chi connectivity index (χ0) is 14.5. The van der Waals surface area contributed by atoms with Crippen LogP contribution in [0.4, 0.5) is 5.13 Å². The van der Waals surface area contributed by atoms with Crippen molar-refractivity contribution in [2.45, 2.75) is 18.8 Å². The summed E-state index contributed by atoms with van der Waals surface area (Å²) in [5.74, 6) is 0.539. The van der Waals surface area contributed by atoms with Gasteiger partial charge in [0.15, 0.2) is 5.13 Å². The summed E-state index contributed by atoms with van der Waals surface area (Å²) >= 11 is 1.55. The van der Waals surface area contributed by atoms with Crippen LogP contribution in [-0.2, 0) is 0 Å². The van der Waals surface area contributed by atoms with Crippen LogP contribution in [0.3, 0.4) is 0 Å². The van der Waals surface area contributed by atoms with Gasteiger partial charge in [-0.2, -0.15) is 0 Å². The van der Waals surface area contributed by atoms with Gasteiger partial charge in [0, 0.05) is 24.4 Å². The van der Waals surface area contributed by atoms with E-state index in [0.717, 1.165) is 13.1 Å². The summed E-state index contributed by atoms with van der Waals surface area (Å²) in [6.07, 6.45) is 6.92. The van der Waals surface area contributed by atoms with Crippen LogP contribution in [0.1, 0.15) is 30.0 Å². The number of thiazole rings is 1. The number of aromatic nitrogens is 1. The Morgan fingerprint density at radius 3 is 2.95 bits per heavy atom. The van der Waals surface area contributed by atoms with Crippen molar-refractivity contribution in [1.29, 1.82) is 0 Å². The Balaban J connectivity index is 1.55. The minimum Gasteiger partial charge on any atom is -0.375 e. The molecule has 1 aliphatic heterocycles. The standard InChI is InChI=1S/C17H21N3S/c18-17-19-16(13-21-17)15-9-5-11-20(12-15)10-4-8-14-6-2-1-3-7-14/h1-4,6-8,13,15H,5,9-12H2,(H2,18,19). The van der Waals surface area contributed by atoms with Crippen molar-refractivity contribution in [3.63, 3.8) is 0 Å². The molecule has 0 saturated carbocycles. The molecule has 3 rings (SSSR count). The molecule has 3 nitrogen and oxygen atoms in total. The smallest absolute Gasteiger partial charge is 0.180 e. The van der Waals surface area contributed by atoms with Crippen molar-refractivity contribution >= 4 is 22.5 Å². The van der Waals surface area contributed by atoms with Gasteiger partial charge in [0.25, 0.3) is 0 Å². The predicted octanol–water partition coefficient (Wildman–Crippen LogP) is 3.62. The van der Waals surface area contributed by atoms with Crippen LogP contribution in [0.2, 0.25) is 0 Å². The first-order valence-electron chi connectivity index (χ1n) is 7.46. The molecule has 1 aliphatic rings. The zero-order valence-corrected chi connectivity index (χ0v) is 12.9. The first kappa shape index (κ1) is 14.3. The number of nitrogen functional groups attached to an aromatic ring is 1. The number of piperidine rings is 1. The van der Waals surface area contributed by atoms with Crippen molar-refractivity contribution in [2.75, 3.05) is 25.4 Å². The molecule has 1 saturated heterocycles. The molecule has 0 amide bonds. The number of benzene rings is 1. The summed E-state index contributed by atoms with van der Waals surface area (Å²) in [5, 5.41) is 2.80. The monoisotopic (exact) mass is 299 g/mol. The molecule has 1 fully saturated rings. The minimum absolute atomic E-state index is 0.539. The summed E-state index contributed by atoms with van der Waals surface area (Å²) in [7, 11) is 0. The molecular formula is C17H21N3S. The molecule has 1 unspecified atom stereocenters. The van der Waals surface area contributed by atoms with Crippen LogP contribution < -0.4 is 5.73 Å². The second-order valence-electron chi connectivity index (χ2n) is 5.52. The fourth-order valence-electron chi connectivity index (χ4n) is 2.85. The zero-order valence-electron chi connectivity index (χ0n) is 12.1. The van der Waals surface area contributed by atoms with E-state index in [2.05, 4.69) is 51.7 Å². The Labute approximate surface area is 130 Å². The molecule has 2 N–H and O–H groups in total. The molecular weight excluding hydrogens is 278 g/mol. The average Bonchev–Trinajstić information content (AvgIpc) is 2.95. The molecule has 0 spiro atoms. The van der Waals surface area contributed by atoms with Crippen LogP contribution in [0, 0.1) is 0 Å². The number of likely N-dealkylation sites (tertiary alicyclic amines) is 1. The molecule has 1 aromatic heterocycles. The minimum atomic E-state index is 0.539. The Kier molecular flexibility index (Phi) is 4.68. The second kappa shape index (κ2) is 6.87. The van der Waals surface area contributed by atoms with E-state index in [1.165, 1.54) is 30.6 Å². The van der Waals surface area contributed by atoms with Gasteiger partial charge < -0.3 is 5.73 Å². The van der Waals surface area contributed by atoms with Gasteiger partial charge in [0.2, 0.25) is 0 Å². The lowest BCUT2D eigenvalue weighted by molar-refractivity contribution is 0.226. The lowest BCUT2D eigenvalue weighted by Crippen LogP contribution is -2.34. The van der Waals surface area contributed by atoms with Crippen molar-refractivity contribution in [1.82, 2.24) is 9.88 Å². The van der Waals surface area contributed by atoms with Crippen molar-refractivity contribution in [2.24, 2.45) is 0 Å². The van der Waals surface area contributed by atoms with Gasteiger partial charge >= 0.3 is 0 Å². The number of rotatable bonds is 4. The molecule has 21 heavy (non-hydrogen) atoms. The molecule has 1 aromatic carbocycles. The highest BCUT2D eigenvalue weighted by molar-refractivity contribution is 7.13. The summed E-state index contributed by atoms with van der Waals surface area (Å²) < 4.78 is 0. The molecule has 110 valence electrons. The highest BCUT2D eigenvalue weighted by Gasteiger charge is 2.22. The van der Waals surface area contributed by atoms with Crippen molar-refractivity contribution < 1.29 is 0 Å². The second-order valence-corrected chi connectivity index (χ2v) is 6.41. The summed E-state index contributed by atoms with van der Waals surface area (Å²) in [6, 6.07) is 10.5. The first-order valence-corrected chi connectivity index (χ1v) is 8.34. The van der Waals surface area contributed by atoms with Gasteiger partial charge in [0.1, 0.15) is 0 Å². The van der Waals surface area contributed by atoms with Crippen LogP contribution in [-0.4, -0.2) is 29.5 Å². The third-order valence-electron chi connectivity index (χ3n) is 3.94. The lowest BCUT2D eigenvalue weighted by Gasteiger charge is -2.31. The van der Waals surface area contributed by atoms with Gasteiger partial charge in [-0.3, -0.25) is 4.90 Å². The normalized spacial score (nSPS) is 20.1. The van der Waals surface area contributed by atoms with E-state index >= 15 is 0 Å². The van der Waals surface area contributed by atoms with Gasteiger partial charge in [-0.1, -0.05) is 42.5 Å². The van der Waals surface area contributed by atoms with Crippen molar-refractivity contribution in [3.8, 4) is 0 Å². The number of nitrogens with zero attached hydrogens (tertiary/aromatic N) is 2. The van der Waals surface area contributed by atoms with Gasteiger partial charge in [-0.15, -0.1) is 11.3 Å². The Hall–Kier alpha value is -1.65. The Bertz CT molecular complexity index is 591. The van der Waals surface area contributed by atoms with E-state index in [1.807, 2.05) is 6.07 Å². The van der Waals surface area contributed by atoms with Crippen LogP contribution in [0.15, 0.2) is 41.8 Å². The van der Waals surface area contributed by atoms with E-state index in [4.69, 9.17) is 5.73 Å². The fourth-order valence-corrected chi connectivity index (χ4v) is 3.50. The SMILES string of the molecule is Nc1nc(C2CCCN(CC=Cc3ccccc3)C2)cs1. The third kappa shape index (κ3) is 3.93. The van der Waals surface area contributed by atoms with E-state index in [9.17, 15) is 0 Å². The summed E-state index contributed by atoms with van der Waals surface area (Å²) in [6.45, 7) is 3.27. The first-order chi connectivity index (χ1) is 10.3. The van der Waals surface area contributed by atoms with Gasteiger partial charge in [-0.05, 0) is 24.9 Å². The topological polar surface area (TPSA) is 42.1 Å². The number of nitrogens with two attached hydrogens (primary N) is 1. The van der Waals surface area contributed by atoms with E-state index in [1.54, 1.807) is 11.3 Å². The number of anilines is 1. The van der Waals surface area contributed by atoms with E-state index < -0.39 is 0 Å². The molecule has 0 radical (unpaired) electrons. The summed E-state index contributed by atoms with van der Waals surface area (Å²) in [5.41, 5.74) is 8.18. The van der Waals surface area contributed by atoms with E-state index in [-0.39, 0.29) is 0 Å². The maximum absolute atomic E-state index is 5.75. The highest BCUT2D eigenvalue weighted by Crippen LogP contribution is 2.28. The molecule has 0 aliphatic carbocycles. The van der Waals surface area contributed by atoms with E-state index in [0.29, 0.717) is 11.0 Å². The number of hydrogen-bond acceptors (Lipinski definition) is 4. The van der Waals surface area contributed by atoms with Gasteiger partial charge in [0.05, 0.1) is 5.69 Å². The fraction of sp³-hybridized carbons (Fsp3) is 0.353.